The molecule has 1 radical (unpaired) electrons. The summed E-state index contributed by atoms with van der Waals surface area (Å²) in [6.45, 7) is 4.44. The Balaban J connectivity index is 1.82. The van der Waals surface area contributed by atoms with Crippen LogP contribution < -0.4 is 0 Å². The Morgan fingerprint density at radius 1 is 1.27 bits per heavy atom. The summed E-state index contributed by atoms with van der Waals surface area (Å²) >= 11 is 0. The molecule has 2 heterocycles. The summed E-state index contributed by atoms with van der Waals surface area (Å²) in [5.74, 6) is 0. The number of hydrogen-bond acceptors (Lipinski definition) is 2. The van der Waals surface area contributed by atoms with Crippen molar-refractivity contribution in [2.24, 2.45) is 0 Å². The molecule has 0 aromatic carbocycles. The minimum Gasteiger partial charge on any atom is -0.381 e. The quantitative estimate of drug-likeness (QED) is 0.560. The van der Waals surface area contributed by atoms with E-state index >= 15 is 0 Å². The SMILES string of the molecule is [CH]1CCN(C2CCOCC2)C1. The summed E-state index contributed by atoms with van der Waals surface area (Å²) in [6, 6.07) is 0.822. The lowest BCUT2D eigenvalue weighted by Gasteiger charge is -2.30. The number of likely N-dealkylation sites (tertiary alicyclic amines) is 1. The Kier molecular flexibility index (Phi) is 2.44. The third kappa shape index (κ3) is 1.74. The first-order valence-electron chi connectivity index (χ1n) is 4.60. The van der Waals surface area contributed by atoms with Crippen LogP contribution in [0, 0.1) is 6.42 Å². The van der Waals surface area contributed by atoms with Crippen molar-refractivity contribution in [3.05, 3.63) is 6.42 Å². The van der Waals surface area contributed by atoms with Crippen molar-refractivity contribution >= 4 is 0 Å². The summed E-state index contributed by atoms with van der Waals surface area (Å²) in [5, 5.41) is 0. The van der Waals surface area contributed by atoms with Gasteiger partial charge in [0.1, 0.15) is 0 Å². The average molecular weight is 154 g/mol. The molecule has 2 nitrogen and oxygen atoms in total. The van der Waals surface area contributed by atoms with E-state index in [0.717, 1.165) is 19.3 Å². The average Bonchev–Trinajstić information content (AvgIpc) is 2.58. The maximum absolute atomic E-state index is 5.32. The Morgan fingerprint density at radius 3 is 2.73 bits per heavy atom. The van der Waals surface area contributed by atoms with E-state index in [0.29, 0.717) is 0 Å². The van der Waals surface area contributed by atoms with E-state index < -0.39 is 0 Å². The first-order chi connectivity index (χ1) is 5.47. The molecular weight excluding hydrogens is 138 g/mol. The summed E-state index contributed by atoms with van der Waals surface area (Å²) in [6.07, 6.45) is 6.16. The van der Waals surface area contributed by atoms with Gasteiger partial charge in [-0.25, -0.2) is 0 Å². The van der Waals surface area contributed by atoms with E-state index in [2.05, 4.69) is 11.3 Å². The van der Waals surface area contributed by atoms with Crippen LogP contribution in [0.15, 0.2) is 0 Å². The highest BCUT2D eigenvalue weighted by atomic mass is 16.5. The van der Waals surface area contributed by atoms with Crippen molar-refractivity contribution in [2.45, 2.75) is 25.3 Å². The zero-order valence-electron chi connectivity index (χ0n) is 6.96. The number of hydrogen-bond donors (Lipinski definition) is 0. The Hall–Kier alpha value is -0.0800. The molecule has 0 aliphatic carbocycles. The number of nitrogens with zero attached hydrogens (tertiary/aromatic N) is 1. The van der Waals surface area contributed by atoms with Gasteiger partial charge in [0.15, 0.2) is 0 Å². The highest BCUT2D eigenvalue weighted by Gasteiger charge is 2.23. The molecular formula is C9H16NO. The second-order valence-corrected chi connectivity index (χ2v) is 3.42. The van der Waals surface area contributed by atoms with Gasteiger partial charge >= 0.3 is 0 Å². The van der Waals surface area contributed by atoms with Gasteiger partial charge in [-0.1, -0.05) is 0 Å². The molecule has 2 heteroatoms. The molecule has 0 unspecified atom stereocenters. The molecule has 0 amide bonds. The molecule has 0 aromatic heterocycles. The summed E-state index contributed by atoms with van der Waals surface area (Å²) in [7, 11) is 0. The second-order valence-electron chi connectivity index (χ2n) is 3.42. The van der Waals surface area contributed by atoms with Crippen LogP contribution in [0.4, 0.5) is 0 Å². The minimum atomic E-state index is 0.822. The topological polar surface area (TPSA) is 12.5 Å². The predicted molar refractivity (Wildman–Crippen MR) is 44.3 cm³/mol. The van der Waals surface area contributed by atoms with Gasteiger partial charge in [-0.05, 0) is 32.2 Å². The monoisotopic (exact) mass is 154 g/mol. The van der Waals surface area contributed by atoms with Crippen molar-refractivity contribution in [3.8, 4) is 0 Å². The molecule has 0 aromatic rings. The van der Waals surface area contributed by atoms with E-state index in [-0.39, 0.29) is 0 Å². The van der Waals surface area contributed by atoms with Gasteiger partial charge in [0.05, 0.1) is 0 Å². The van der Waals surface area contributed by atoms with Crippen molar-refractivity contribution in [3.63, 3.8) is 0 Å². The van der Waals surface area contributed by atoms with Gasteiger partial charge in [-0.2, -0.15) is 0 Å². The Bertz CT molecular complexity index is 115. The number of rotatable bonds is 1. The normalized spacial score (nSPS) is 29.5. The summed E-state index contributed by atoms with van der Waals surface area (Å²) in [4.78, 5) is 2.59. The van der Waals surface area contributed by atoms with Crippen molar-refractivity contribution in [1.29, 1.82) is 0 Å². The van der Waals surface area contributed by atoms with E-state index in [1.54, 1.807) is 0 Å². The van der Waals surface area contributed by atoms with Gasteiger partial charge < -0.3 is 4.74 Å². The maximum Gasteiger partial charge on any atom is 0.0480 e. The van der Waals surface area contributed by atoms with Gasteiger partial charge in [0.2, 0.25) is 0 Å². The molecule has 2 aliphatic heterocycles. The molecule has 11 heavy (non-hydrogen) atoms. The van der Waals surface area contributed by atoms with Crippen LogP contribution in [0.1, 0.15) is 19.3 Å². The minimum absolute atomic E-state index is 0.822. The van der Waals surface area contributed by atoms with Gasteiger partial charge in [0.25, 0.3) is 0 Å². The largest absolute Gasteiger partial charge is 0.381 e. The first-order valence-corrected chi connectivity index (χ1v) is 4.60. The lowest BCUT2D eigenvalue weighted by Crippen LogP contribution is -2.37. The van der Waals surface area contributed by atoms with Gasteiger partial charge in [-0.3, -0.25) is 4.90 Å². The summed E-state index contributed by atoms with van der Waals surface area (Å²) < 4.78 is 5.32. The smallest absolute Gasteiger partial charge is 0.0480 e. The molecule has 2 saturated heterocycles. The third-order valence-corrected chi connectivity index (χ3v) is 2.69. The standard InChI is InChI=1S/C9H16NO/c1-2-6-10(5-1)9-3-7-11-8-4-9/h1,9H,2-8H2. The van der Waals surface area contributed by atoms with E-state index in [1.165, 1.54) is 32.4 Å². The van der Waals surface area contributed by atoms with Crippen molar-refractivity contribution < 1.29 is 4.74 Å². The van der Waals surface area contributed by atoms with E-state index in [9.17, 15) is 0 Å². The maximum atomic E-state index is 5.32. The van der Waals surface area contributed by atoms with Crippen LogP contribution in [-0.4, -0.2) is 37.2 Å². The molecule has 0 saturated carbocycles. The van der Waals surface area contributed by atoms with Gasteiger partial charge in [0, 0.05) is 25.8 Å². The predicted octanol–water partition coefficient (Wildman–Crippen LogP) is 1.08. The molecule has 2 fully saturated rings. The van der Waals surface area contributed by atoms with Crippen molar-refractivity contribution in [1.82, 2.24) is 4.90 Å². The molecule has 2 rings (SSSR count). The first kappa shape index (κ1) is 7.56. The highest BCUT2D eigenvalue weighted by molar-refractivity contribution is 4.86. The van der Waals surface area contributed by atoms with Crippen LogP contribution in [-0.2, 0) is 4.74 Å². The van der Waals surface area contributed by atoms with Crippen LogP contribution in [0.3, 0.4) is 0 Å². The molecule has 0 spiro atoms. The lowest BCUT2D eigenvalue weighted by molar-refractivity contribution is 0.0431. The molecule has 0 N–H and O–H groups in total. The molecule has 0 atom stereocenters. The summed E-state index contributed by atoms with van der Waals surface area (Å²) in [5.41, 5.74) is 0. The molecule has 63 valence electrons. The third-order valence-electron chi connectivity index (χ3n) is 2.69. The van der Waals surface area contributed by atoms with Gasteiger partial charge in [-0.15, -0.1) is 0 Å². The molecule has 2 aliphatic rings. The fourth-order valence-corrected chi connectivity index (χ4v) is 1.99. The molecule has 0 bridgehead atoms. The van der Waals surface area contributed by atoms with Crippen LogP contribution in [0.5, 0.6) is 0 Å². The Labute approximate surface area is 68.5 Å². The van der Waals surface area contributed by atoms with Crippen LogP contribution in [0.25, 0.3) is 0 Å². The fraction of sp³-hybridized carbons (Fsp3) is 0.889. The highest BCUT2D eigenvalue weighted by Crippen LogP contribution is 2.18. The fourth-order valence-electron chi connectivity index (χ4n) is 1.99. The lowest BCUT2D eigenvalue weighted by atomic mass is 10.1. The second kappa shape index (κ2) is 3.55. The van der Waals surface area contributed by atoms with Crippen LogP contribution >= 0.6 is 0 Å². The zero-order chi connectivity index (χ0) is 7.52. The van der Waals surface area contributed by atoms with Crippen molar-refractivity contribution in [2.75, 3.05) is 26.3 Å². The zero-order valence-corrected chi connectivity index (χ0v) is 6.96. The number of ether oxygens (including phenoxy) is 1. The van der Waals surface area contributed by atoms with E-state index in [4.69, 9.17) is 4.74 Å². The van der Waals surface area contributed by atoms with E-state index in [1.807, 2.05) is 0 Å². The Morgan fingerprint density at radius 2 is 2.09 bits per heavy atom. The van der Waals surface area contributed by atoms with Crippen LogP contribution in [0.2, 0.25) is 0 Å².